The molecule has 1 heteroatoms. The highest BCUT2D eigenvalue weighted by molar-refractivity contribution is 6.11. The SMILES string of the molecule is Cc1ccc(-c2cccc3c2[nH]c2ccccc23)cc1. The molecule has 1 nitrogen and oxygen atoms in total. The predicted molar refractivity (Wildman–Crippen MR) is 86.0 cm³/mol. The second-order valence-electron chi connectivity index (χ2n) is 5.26. The fourth-order valence-corrected chi connectivity index (χ4v) is 2.85. The van der Waals surface area contributed by atoms with Crippen LogP contribution in [0.15, 0.2) is 66.7 Å². The zero-order chi connectivity index (χ0) is 13.5. The zero-order valence-corrected chi connectivity index (χ0v) is 11.4. The Morgan fingerprint density at radius 3 is 2.30 bits per heavy atom. The molecule has 0 saturated heterocycles. The van der Waals surface area contributed by atoms with Gasteiger partial charge in [-0.25, -0.2) is 0 Å². The Kier molecular flexibility index (Phi) is 2.40. The van der Waals surface area contributed by atoms with Crippen molar-refractivity contribution in [2.45, 2.75) is 6.92 Å². The van der Waals surface area contributed by atoms with Gasteiger partial charge in [0.05, 0.1) is 5.52 Å². The Bertz CT molecular complexity index is 898. The molecule has 0 amide bonds. The molecule has 0 unspecified atom stereocenters. The standard InChI is InChI=1S/C19H15N/c1-13-9-11-14(12-10-13)15-6-4-7-17-16-5-2-3-8-18(16)20-19(15)17/h2-12,20H,1H3. The summed E-state index contributed by atoms with van der Waals surface area (Å²) in [5, 5.41) is 2.58. The van der Waals surface area contributed by atoms with Crippen LogP contribution in [-0.2, 0) is 0 Å². The molecule has 0 aliphatic carbocycles. The van der Waals surface area contributed by atoms with Gasteiger partial charge in [-0.1, -0.05) is 66.2 Å². The third kappa shape index (κ3) is 1.64. The van der Waals surface area contributed by atoms with E-state index in [4.69, 9.17) is 0 Å². The number of nitrogens with one attached hydrogen (secondary N) is 1. The lowest BCUT2D eigenvalue weighted by Crippen LogP contribution is -1.80. The molecule has 1 N–H and O–H groups in total. The monoisotopic (exact) mass is 257 g/mol. The van der Waals surface area contributed by atoms with Crippen molar-refractivity contribution in [3.63, 3.8) is 0 Å². The lowest BCUT2D eigenvalue weighted by Gasteiger charge is -2.04. The number of fused-ring (bicyclic) bond motifs is 3. The molecular weight excluding hydrogens is 242 g/mol. The van der Waals surface area contributed by atoms with Crippen LogP contribution in [0.2, 0.25) is 0 Å². The Morgan fingerprint density at radius 1 is 0.700 bits per heavy atom. The molecular formula is C19H15N. The van der Waals surface area contributed by atoms with Gasteiger partial charge in [0.15, 0.2) is 0 Å². The van der Waals surface area contributed by atoms with Crippen molar-refractivity contribution < 1.29 is 0 Å². The van der Waals surface area contributed by atoms with E-state index in [0.717, 1.165) is 0 Å². The van der Waals surface area contributed by atoms with Crippen LogP contribution in [0.1, 0.15) is 5.56 Å². The highest BCUT2D eigenvalue weighted by Crippen LogP contribution is 2.32. The van der Waals surface area contributed by atoms with Gasteiger partial charge in [-0.3, -0.25) is 0 Å². The van der Waals surface area contributed by atoms with E-state index in [0.29, 0.717) is 0 Å². The average molecular weight is 257 g/mol. The number of hydrogen-bond donors (Lipinski definition) is 1. The Balaban J connectivity index is 2.07. The van der Waals surface area contributed by atoms with E-state index in [-0.39, 0.29) is 0 Å². The van der Waals surface area contributed by atoms with Crippen molar-refractivity contribution in [3.8, 4) is 11.1 Å². The van der Waals surface area contributed by atoms with E-state index in [1.807, 2.05) is 0 Å². The Labute approximate surface area is 117 Å². The van der Waals surface area contributed by atoms with E-state index >= 15 is 0 Å². The molecule has 0 aliphatic rings. The molecule has 4 aromatic rings. The topological polar surface area (TPSA) is 15.8 Å². The molecule has 0 bridgehead atoms. The van der Waals surface area contributed by atoms with Gasteiger partial charge in [0.25, 0.3) is 0 Å². The van der Waals surface area contributed by atoms with Crippen LogP contribution in [0.5, 0.6) is 0 Å². The van der Waals surface area contributed by atoms with Gasteiger partial charge in [0.2, 0.25) is 0 Å². The number of hydrogen-bond acceptors (Lipinski definition) is 0. The number of benzene rings is 3. The normalized spacial score (nSPS) is 11.2. The van der Waals surface area contributed by atoms with Crippen molar-refractivity contribution >= 4 is 21.8 Å². The van der Waals surface area contributed by atoms with Gasteiger partial charge in [-0.15, -0.1) is 0 Å². The minimum atomic E-state index is 1.20. The van der Waals surface area contributed by atoms with Crippen LogP contribution >= 0.6 is 0 Å². The largest absolute Gasteiger partial charge is 0.354 e. The van der Waals surface area contributed by atoms with Crippen LogP contribution in [0.25, 0.3) is 32.9 Å². The van der Waals surface area contributed by atoms with E-state index in [2.05, 4.69) is 78.6 Å². The highest BCUT2D eigenvalue weighted by atomic mass is 14.7. The van der Waals surface area contributed by atoms with Crippen LogP contribution in [0.3, 0.4) is 0 Å². The molecule has 3 aromatic carbocycles. The molecule has 0 fully saturated rings. The first-order chi connectivity index (χ1) is 9.83. The third-order valence-electron chi connectivity index (χ3n) is 3.90. The van der Waals surface area contributed by atoms with Crippen molar-refractivity contribution in [3.05, 3.63) is 72.3 Å². The lowest BCUT2D eigenvalue weighted by atomic mass is 10.0. The summed E-state index contributed by atoms with van der Waals surface area (Å²) >= 11 is 0. The third-order valence-corrected chi connectivity index (χ3v) is 3.90. The fourth-order valence-electron chi connectivity index (χ4n) is 2.85. The second kappa shape index (κ2) is 4.24. The number of para-hydroxylation sites is 2. The maximum absolute atomic E-state index is 3.56. The molecule has 0 aliphatic heterocycles. The molecule has 96 valence electrons. The van der Waals surface area contributed by atoms with Gasteiger partial charge in [0, 0.05) is 21.9 Å². The molecule has 1 aromatic heterocycles. The van der Waals surface area contributed by atoms with E-state index < -0.39 is 0 Å². The van der Waals surface area contributed by atoms with Gasteiger partial charge in [-0.05, 0) is 18.6 Å². The number of aromatic amines is 1. The van der Waals surface area contributed by atoms with E-state index in [1.54, 1.807) is 0 Å². The molecule has 1 heterocycles. The lowest BCUT2D eigenvalue weighted by molar-refractivity contribution is 1.47. The molecule has 0 radical (unpaired) electrons. The maximum Gasteiger partial charge on any atom is 0.0544 e. The van der Waals surface area contributed by atoms with Gasteiger partial charge in [-0.2, -0.15) is 0 Å². The minimum Gasteiger partial charge on any atom is -0.354 e. The summed E-state index contributed by atoms with van der Waals surface area (Å²) in [7, 11) is 0. The Hall–Kier alpha value is -2.54. The van der Waals surface area contributed by atoms with Crippen molar-refractivity contribution in [2.75, 3.05) is 0 Å². The zero-order valence-electron chi connectivity index (χ0n) is 11.4. The number of aryl methyl sites for hydroxylation is 1. The molecule has 20 heavy (non-hydrogen) atoms. The van der Waals surface area contributed by atoms with Crippen molar-refractivity contribution in [1.29, 1.82) is 0 Å². The Morgan fingerprint density at radius 2 is 1.45 bits per heavy atom. The summed E-state index contributed by atoms with van der Waals surface area (Å²) in [6, 6.07) is 23.7. The van der Waals surface area contributed by atoms with Crippen molar-refractivity contribution in [1.82, 2.24) is 4.98 Å². The number of aromatic nitrogens is 1. The number of rotatable bonds is 1. The first-order valence-electron chi connectivity index (χ1n) is 6.89. The predicted octanol–water partition coefficient (Wildman–Crippen LogP) is 5.30. The molecule has 4 rings (SSSR count). The van der Waals surface area contributed by atoms with Gasteiger partial charge >= 0.3 is 0 Å². The molecule has 0 atom stereocenters. The van der Waals surface area contributed by atoms with Crippen LogP contribution < -0.4 is 0 Å². The van der Waals surface area contributed by atoms with E-state index in [9.17, 15) is 0 Å². The summed E-state index contributed by atoms with van der Waals surface area (Å²) in [4.78, 5) is 3.56. The first-order valence-corrected chi connectivity index (χ1v) is 6.89. The molecule has 0 saturated carbocycles. The van der Waals surface area contributed by atoms with Crippen molar-refractivity contribution in [2.24, 2.45) is 0 Å². The summed E-state index contributed by atoms with van der Waals surface area (Å²) in [5.74, 6) is 0. The van der Waals surface area contributed by atoms with Crippen LogP contribution in [0, 0.1) is 6.92 Å². The van der Waals surface area contributed by atoms with Crippen LogP contribution in [0.4, 0.5) is 0 Å². The maximum atomic E-state index is 3.56. The minimum absolute atomic E-state index is 1.20. The fraction of sp³-hybridized carbons (Fsp3) is 0.0526. The summed E-state index contributed by atoms with van der Waals surface area (Å²) in [6.45, 7) is 2.12. The summed E-state index contributed by atoms with van der Waals surface area (Å²) < 4.78 is 0. The van der Waals surface area contributed by atoms with Crippen LogP contribution in [-0.4, -0.2) is 4.98 Å². The first kappa shape index (κ1) is 11.3. The quantitative estimate of drug-likeness (QED) is 0.476. The summed E-state index contributed by atoms with van der Waals surface area (Å²) in [6.07, 6.45) is 0. The van der Waals surface area contributed by atoms with Gasteiger partial charge in [0.1, 0.15) is 0 Å². The average Bonchev–Trinajstić information content (AvgIpc) is 2.87. The summed E-state index contributed by atoms with van der Waals surface area (Å²) in [5.41, 5.74) is 6.23. The highest BCUT2D eigenvalue weighted by Gasteiger charge is 2.08. The number of H-pyrrole nitrogens is 1. The molecule has 0 spiro atoms. The van der Waals surface area contributed by atoms with E-state index in [1.165, 1.54) is 38.5 Å². The smallest absolute Gasteiger partial charge is 0.0544 e. The second-order valence-corrected chi connectivity index (χ2v) is 5.26. The van der Waals surface area contributed by atoms with Gasteiger partial charge < -0.3 is 4.98 Å².